The van der Waals surface area contributed by atoms with Gasteiger partial charge in [0.25, 0.3) is 11.8 Å². The van der Waals surface area contributed by atoms with Gasteiger partial charge in [-0.2, -0.15) is 0 Å². The van der Waals surface area contributed by atoms with Gasteiger partial charge in [0.15, 0.2) is 0 Å². The fraction of sp³-hybridized carbons (Fsp3) is 0.533. The maximum absolute atomic E-state index is 12.3. The molecule has 1 aliphatic carbocycles. The Kier molecular flexibility index (Phi) is 4.06. The van der Waals surface area contributed by atoms with Crippen LogP contribution in [0.3, 0.4) is 0 Å². The monoisotopic (exact) mass is 277 g/mol. The lowest BCUT2D eigenvalue weighted by atomic mass is 9.94. The second-order valence-corrected chi connectivity index (χ2v) is 5.40. The van der Waals surface area contributed by atoms with E-state index in [2.05, 4.69) is 6.58 Å². The molecule has 2 aliphatic rings. The van der Waals surface area contributed by atoms with E-state index in [0.717, 1.165) is 32.1 Å². The van der Waals surface area contributed by atoms with Crippen molar-refractivity contribution in [3.05, 3.63) is 23.5 Å². The molecule has 5 nitrogen and oxygen atoms in total. The molecule has 5 heteroatoms. The first kappa shape index (κ1) is 14.5. The average Bonchev–Trinajstić information content (AvgIpc) is 2.63. The van der Waals surface area contributed by atoms with Crippen LogP contribution in [0.2, 0.25) is 0 Å². The number of ether oxygens (including phenoxy) is 1. The second-order valence-electron chi connectivity index (χ2n) is 5.40. The highest BCUT2D eigenvalue weighted by atomic mass is 16.5. The summed E-state index contributed by atoms with van der Waals surface area (Å²) in [5.74, 6) is -1.65. The first-order valence-electron chi connectivity index (χ1n) is 6.90. The number of hydrogen-bond donors (Lipinski definition) is 0. The Morgan fingerprint density at radius 1 is 1.20 bits per heavy atom. The topological polar surface area (TPSA) is 63.7 Å². The number of carbonyl (C=O) groups is 3. The zero-order valence-corrected chi connectivity index (χ0v) is 11.9. The Morgan fingerprint density at radius 2 is 1.80 bits per heavy atom. The Labute approximate surface area is 118 Å². The Balaban J connectivity index is 2.18. The third-order valence-corrected chi connectivity index (χ3v) is 3.78. The van der Waals surface area contributed by atoms with E-state index in [1.807, 2.05) is 0 Å². The van der Waals surface area contributed by atoms with E-state index in [9.17, 15) is 14.4 Å². The van der Waals surface area contributed by atoms with Crippen molar-refractivity contribution in [2.24, 2.45) is 0 Å². The normalized spacial score (nSPS) is 20.6. The minimum absolute atomic E-state index is 0.0697. The van der Waals surface area contributed by atoms with E-state index in [4.69, 9.17) is 4.74 Å². The molecule has 1 aliphatic heterocycles. The molecule has 0 bridgehead atoms. The lowest BCUT2D eigenvalue weighted by molar-refractivity contribution is -0.146. The number of hydrogen-bond acceptors (Lipinski definition) is 4. The maximum Gasteiger partial charge on any atom is 0.338 e. The summed E-state index contributed by atoms with van der Waals surface area (Å²) in [7, 11) is 0. The Morgan fingerprint density at radius 3 is 2.35 bits per heavy atom. The van der Waals surface area contributed by atoms with E-state index < -0.39 is 11.9 Å². The largest absolute Gasteiger partial charge is 0.417 e. The van der Waals surface area contributed by atoms with Gasteiger partial charge in [-0.25, -0.2) is 4.79 Å². The van der Waals surface area contributed by atoms with Gasteiger partial charge >= 0.3 is 5.97 Å². The number of amides is 2. The van der Waals surface area contributed by atoms with Gasteiger partial charge in [0, 0.05) is 11.6 Å². The van der Waals surface area contributed by atoms with Gasteiger partial charge in [-0.3, -0.25) is 14.5 Å². The van der Waals surface area contributed by atoms with Crippen LogP contribution in [0.1, 0.15) is 46.0 Å². The Bertz CT molecular complexity index is 512. The summed E-state index contributed by atoms with van der Waals surface area (Å²) in [5, 5.41) is 0. The number of esters is 1. The predicted octanol–water partition coefficient (Wildman–Crippen LogP) is 2.08. The molecule has 1 saturated carbocycles. The van der Waals surface area contributed by atoms with Crippen LogP contribution in [0.5, 0.6) is 0 Å². The summed E-state index contributed by atoms with van der Waals surface area (Å²) in [6, 6.07) is -0.0697. The molecule has 0 aromatic heterocycles. The van der Waals surface area contributed by atoms with Gasteiger partial charge in [-0.05, 0) is 26.7 Å². The minimum atomic E-state index is -0.675. The van der Waals surface area contributed by atoms with Gasteiger partial charge in [0.1, 0.15) is 0 Å². The van der Waals surface area contributed by atoms with E-state index in [1.54, 1.807) is 0 Å². The zero-order valence-electron chi connectivity index (χ0n) is 11.9. The van der Waals surface area contributed by atoms with Gasteiger partial charge < -0.3 is 4.74 Å². The van der Waals surface area contributed by atoms with Crippen LogP contribution >= 0.6 is 0 Å². The van der Waals surface area contributed by atoms with Gasteiger partial charge in [0.2, 0.25) is 5.76 Å². The number of carbonyl (C=O) groups excluding carboxylic acids is 3. The molecule has 0 radical (unpaired) electrons. The quantitative estimate of drug-likeness (QED) is 0.450. The predicted molar refractivity (Wildman–Crippen MR) is 72.3 cm³/mol. The summed E-state index contributed by atoms with van der Waals surface area (Å²) in [6.45, 7) is 6.48. The molecule has 0 saturated heterocycles. The second kappa shape index (κ2) is 5.61. The molecule has 0 aromatic rings. The van der Waals surface area contributed by atoms with E-state index in [1.165, 1.54) is 18.7 Å². The molecular weight excluding hydrogens is 258 g/mol. The van der Waals surface area contributed by atoms with Crippen LogP contribution in [0, 0.1) is 0 Å². The first-order chi connectivity index (χ1) is 9.43. The molecule has 0 N–H and O–H groups in total. The molecule has 0 atom stereocenters. The third-order valence-electron chi connectivity index (χ3n) is 3.78. The summed E-state index contributed by atoms with van der Waals surface area (Å²) >= 11 is 0. The molecule has 0 unspecified atom stereocenters. The third kappa shape index (κ3) is 2.53. The molecule has 1 heterocycles. The Hall–Kier alpha value is -1.91. The van der Waals surface area contributed by atoms with Crippen LogP contribution < -0.4 is 0 Å². The smallest absolute Gasteiger partial charge is 0.338 e. The van der Waals surface area contributed by atoms with Crippen molar-refractivity contribution >= 4 is 17.8 Å². The highest BCUT2D eigenvalue weighted by Crippen LogP contribution is 2.30. The average molecular weight is 277 g/mol. The van der Waals surface area contributed by atoms with Crippen LogP contribution in [-0.2, 0) is 19.1 Å². The fourth-order valence-electron chi connectivity index (χ4n) is 2.61. The molecule has 2 amide bonds. The minimum Gasteiger partial charge on any atom is -0.417 e. The summed E-state index contributed by atoms with van der Waals surface area (Å²) in [6.07, 6.45) is 4.82. The summed E-state index contributed by atoms with van der Waals surface area (Å²) in [4.78, 5) is 37.3. The zero-order chi connectivity index (χ0) is 14.9. The number of imide groups is 1. The van der Waals surface area contributed by atoms with Crippen molar-refractivity contribution in [1.82, 2.24) is 4.90 Å². The van der Waals surface area contributed by atoms with Crippen LogP contribution in [-0.4, -0.2) is 28.7 Å². The standard InChI is InChI=1S/C15H19NO4/c1-9(2)15(19)20-12-10(3)13(17)16(14(12)18)11-7-5-4-6-8-11/h11H,1,4-8H2,2-3H3. The molecule has 20 heavy (non-hydrogen) atoms. The van der Waals surface area contributed by atoms with Crippen molar-refractivity contribution in [2.45, 2.75) is 52.0 Å². The van der Waals surface area contributed by atoms with Crippen LogP contribution in [0.25, 0.3) is 0 Å². The van der Waals surface area contributed by atoms with E-state index >= 15 is 0 Å². The number of rotatable bonds is 3. The van der Waals surface area contributed by atoms with Crippen molar-refractivity contribution in [3.63, 3.8) is 0 Å². The highest BCUT2D eigenvalue weighted by Gasteiger charge is 2.42. The summed E-state index contributed by atoms with van der Waals surface area (Å²) in [5.41, 5.74) is 0.400. The van der Waals surface area contributed by atoms with Gasteiger partial charge in [-0.1, -0.05) is 25.8 Å². The highest BCUT2D eigenvalue weighted by molar-refractivity contribution is 6.19. The van der Waals surface area contributed by atoms with Crippen molar-refractivity contribution in [3.8, 4) is 0 Å². The van der Waals surface area contributed by atoms with Crippen LogP contribution in [0.4, 0.5) is 0 Å². The molecule has 1 fully saturated rings. The number of nitrogens with zero attached hydrogens (tertiary/aromatic N) is 1. The van der Waals surface area contributed by atoms with Crippen molar-refractivity contribution < 1.29 is 19.1 Å². The van der Waals surface area contributed by atoms with Gasteiger partial charge in [0.05, 0.1) is 5.57 Å². The maximum atomic E-state index is 12.3. The lowest BCUT2D eigenvalue weighted by Gasteiger charge is -2.29. The lowest BCUT2D eigenvalue weighted by Crippen LogP contribution is -2.42. The summed E-state index contributed by atoms with van der Waals surface area (Å²) < 4.78 is 5.02. The molecule has 108 valence electrons. The van der Waals surface area contributed by atoms with E-state index in [-0.39, 0.29) is 28.9 Å². The molecule has 0 spiro atoms. The first-order valence-corrected chi connectivity index (χ1v) is 6.90. The molecule has 2 rings (SSSR count). The van der Waals surface area contributed by atoms with Crippen LogP contribution in [0.15, 0.2) is 23.5 Å². The fourth-order valence-corrected chi connectivity index (χ4v) is 2.61. The van der Waals surface area contributed by atoms with E-state index in [0.29, 0.717) is 0 Å². The van der Waals surface area contributed by atoms with Gasteiger partial charge in [-0.15, -0.1) is 0 Å². The SMILES string of the molecule is C=C(C)C(=O)OC1=C(C)C(=O)N(C2CCCCC2)C1=O. The van der Waals surface area contributed by atoms with Crippen molar-refractivity contribution in [1.29, 1.82) is 0 Å². The van der Waals surface area contributed by atoms with Crippen molar-refractivity contribution in [2.75, 3.05) is 0 Å². The molecule has 0 aromatic carbocycles. The molecular formula is C15H19NO4.